The first kappa shape index (κ1) is 11.4. The third-order valence-corrected chi connectivity index (χ3v) is 3.04. The maximum atomic E-state index is 9.73. The van der Waals surface area contributed by atoms with E-state index in [0.717, 1.165) is 37.1 Å². The Morgan fingerprint density at radius 3 is 2.88 bits per heavy atom. The Labute approximate surface area is 96.4 Å². The fourth-order valence-corrected chi connectivity index (χ4v) is 2.16. The number of hydrogen-bond acceptors (Lipinski definition) is 3. The molecule has 0 aromatic heterocycles. The van der Waals surface area contributed by atoms with E-state index in [1.165, 1.54) is 0 Å². The van der Waals surface area contributed by atoms with Gasteiger partial charge in [0.2, 0.25) is 0 Å². The first-order valence-electron chi connectivity index (χ1n) is 5.88. The van der Waals surface area contributed by atoms with Crippen molar-refractivity contribution in [3.05, 3.63) is 29.8 Å². The lowest BCUT2D eigenvalue weighted by Gasteiger charge is -2.19. The van der Waals surface area contributed by atoms with Gasteiger partial charge in [-0.15, -0.1) is 0 Å². The molecule has 88 valence electrons. The summed E-state index contributed by atoms with van der Waals surface area (Å²) in [5, 5.41) is 12.8. The topological polar surface area (TPSA) is 41.5 Å². The standard InChI is InChI=1S/C13H19NO2/c1-14-9-10-5-2-3-7-12(10)16-13-8-4-6-11(13)15/h2-3,5,7,11,13-15H,4,6,8-9H2,1H3. The molecule has 3 heteroatoms. The summed E-state index contributed by atoms with van der Waals surface area (Å²) < 4.78 is 5.88. The van der Waals surface area contributed by atoms with Gasteiger partial charge in [0.1, 0.15) is 11.9 Å². The van der Waals surface area contributed by atoms with E-state index in [1.54, 1.807) is 0 Å². The van der Waals surface area contributed by atoms with E-state index in [1.807, 2.05) is 31.3 Å². The number of benzene rings is 1. The molecule has 1 aromatic rings. The Balaban J connectivity index is 2.07. The van der Waals surface area contributed by atoms with Crippen LogP contribution in [0.25, 0.3) is 0 Å². The molecular weight excluding hydrogens is 202 g/mol. The Hall–Kier alpha value is -1.06. The molecular formula is C13H19NO2. The van der Waals surface area contributed by atoms with Crippen molar-refractivity contribution >= 4 is 0 Å². The molecule has 2 rings (SSSR count). The first-order chi connectivity index (χ1) is 7.81. The van der Waals surface area contributed by atoms with Gasteiger partial charge < -0.3 is 15.2 Å². The number of hydrogen-bond donors (Lipinski definition) is 2. The van der Waals surface area contributed by atoms with Gasteiger partial charge in [-0.2, -0.15) is 0 Å². The van der Waals surface area contributed by atoms with Gasteiger partial charge in [0.05, 0.1) is 6.10 Å². The van der Waals surface area contributed by atoms with Gasteiger partial charge in [0.15, 0.2) is 0 Å². The number of ether oxygens (including phenoxy) is 1. The van der Waals surface area contributed by atoms with Crippen molar-refractivity contribution in [2.24, 2.45) is 0 Å². The normalized spacial score (nSPS) is 24.6. The van der Waals surface area contributed by atoms with E-state index in [4.69, 9.17) is 4.74 Å². The Morgan fingerprint density at radius 1 is 1.38 bits per heavy atom. The second-order valence-corrected chi connectivity index (χ2v) is 4.29. The summed E-state index contributed by atoms with van der Waals surface area (Å²) in [6, 6.07) is 7.99. The Morgan fingerprint density at radius 2 is 2.19 bits per heavy atom. The molecule has 2 N–H and O–H groups in total. The summed E-state index contributed by atoms with van der Waals surface area (Å²) >= 11 is 0. The minimum Gasteiger partial charge on any atom is -0.487 e. The van der Waals surface area contributed by atoms with Crippen molar-refractivity contribution in [2.75, 3.05) is 7.05 Å². The molecule has 1 saturated carbocycles. The average molecular weight is 221 g/mol. The second kappa shape index (κ2) is 5.32. The van der Waals surface area contributed by atoms with Gasteiger partial charge in [-0.05, 0) is 32.4 Å². The molecule has 0 spiro atoms. The van der Waals surface area contributed by atoms with E-state index in [2.05, 4.69) is 5.32 Å². The van der Waals surface area contributed by atoms with Crippen LogP contribution in [0.4, 0.5) is 0 Å². The van der Waals surface area contributed by atoms with Gasteiger partial charge in [-0.25, -0.2) is 0 Å². The number of rotatable bonds is 4. The molecule has 0 amide bonds. The number of para-hydroxylation sites is 1. The van der Waals surface area contributed by atoms with E-state index in [-0.39, 0.29) is 12.2 Å². The van der Waals surface area contributed by atoms with Crippen LogP contribution in [-0.2, 0) is 6.54 Å². The SMILES string of the molecule is CNCc1ccccc1OC1CCCC1O. The van der Waals surface area contributed by atoms with Crippen molar-refractivity contribution in [2.45, 2.75) is 38.0 Å². The summed E-state index contributed by atoms with van der Waals surface area (Å²) in [7, 11) is 1.92. The summed E-state index contributed by atoms with van der Waals surface area (Å²) in [4.78, 5) is 0. The molecule has 0 radical (unpaired) electrons. The highest BCUT2D eigenvalue weighted by Gasteiger charge is 2.27. The van der Waals surface area contributed by atoms with Crippen LogP contribution in [-0.4, -0.2) is 24.4 Å². The molecule has 2 atom stereocenters. The molecule has 0 saturated heterocycles. The van der Waals surface area contributed by atoms with E-state index in [0.29, 0.717) is 0 Å². The molecule has 2 unspecified atom stereocenters. The molecule has 1 aliphatic rings. The minimum atomic E-state index is -0.303. The molecule has 1 fully saturated rings. The fraction of sp³-hybridized carbons (Fsp3) is 0.538. The fourth-order valence-electron chi connectivity index (χ4n) is 2.16. The molecule has 0 heterocycles. The van der Waals surface area contributed by atoms with Crippen LogP contribution >= 0.6 is 0 Å². The highest BCUT2D eigenvalue weighted by Crippen LogP contribution is 2.26. The average Bonchev–Trinajstić information content (AvgIpc) is 2.68. The highest BCUT2D eigenvalue weighted by atomic mass is 16.5. The van der Waals surface area contributed by atoms with Crippen LogP contribution < -0.4 is 10.1 Å². The van der Waals surface area contributed by atoms with Crippen molar-refractivity contribution in [1.29, 1.82) is 0 Å². The third-order valence-electron chi connectivity index (χ3n) is 3.04. The van der Waals surface area contributed by atoms with E-state index < -0.39 is 0 Å². The number of nitrogens with one attached hydrogen (secondary N) is 1. The van der Waals surface area contributed by atoms with E-state index >= 15 is 0 Å². The van der Waals surface area contributed by atoms with Crippen LogP contribution in [0.2, 0.25) is 0 Å². The van der Waals surface area contributed by atoms with Gasteiger partial charge >= 0.3 is 0 Å². The Bertz CT molecular complexity index is 340. The number of aliphatic hydroxyl groups excluding tert-OH is 1. The molecule has 0 bridgehead atoms. The number of aliphatic hydroxyl groups is 1. The van der Waals surface area contributed by atoms with Crippen LogP contribution in [0.15, 0.2) is 24.3 Å². The van der Waals surface area contributed by atoms with Crippen LogP contribution in [0.5, 0.6) is 5.75 Å². The molecule has 16 heavy (non-hydrogen) atoms. The lowest BCUT2D eigenvalue weighted by Crippen LogP contribution is -2.26. The molecule has 3 nitrogen and oxygen atoms in total. The zero-order valence-corrected chi connectivity index (χ0v) is 9.65. The lowest BCUT2D eigenvalue weighted by atomic mass is 10.2. The Kier molecular flexibility index (Phi) is 3.80. The van der Waals surface area contributed by atoms with E-state index in [9.17, 15) is 5.11 Å². The van der Waals surface area contributed by atoms with Crippen LogP contribution in [0, 0.1) is 0 Å². The monoisotopic (exact) mass is 221 g/mol. The quantitative estimate of drug-likeness (QED) is 0.813. The third kappa shape index (κ3) is 2.54. The summed E-state index contributed by atoms with van der Waals surface area (Å²) in [6.45, 7) is 0.791. The molecule has 1 aliphatic carbocycles. The van der Waals surface area contributed by atoms with Crippen molar-refractivity contribution < 1.29 is 9.84 Å². The van der Waals surface area contributed by atoms with Gasteiger partial charge in [0, 0.05) is 12.1 Å². The molecule has 0 aliphatic heterocycles. The maximum Gasteiger partial charge on any atom is 0.124 e. The van der Waals surface area contributed by atoms with Crippen LogP contribution in [0.1, 0.15) is 24.8 Å². The van der Waals surface area contributed by atoms with Crippen LogP contribution in [0.3, 0.4) is 0 Å². The zero-order valence-electron chi connectivity index (χ0n) is 9.65. The summed E-state index contributed by atoms with van der Waals surface area (Å²) in [5.74, 6) is 0.891. The summed E-state index contributed by atoms with van der Waals surface area (Å²) in [6.07, 6.45) is 2.54. The predicted molar refractivity (Wildman–Crippen MR) is 63.5 cm³/mol. The minimum absolute atomic E-state index is 0.0296. The predicted octanol–water partition coefficient (Wildman–Crippen LogP) is 1.70. The first-order valence-corrected chi connectivity index (χ1v) is 5.88. The smallest absolute Gasteiger partial charge is 0.124 e. The lowest BCUT2D eigenvalue weighted by molar-refractivity contribution is 0.0597. The van der Waals surface area contributed by atoms with Gasteiger partial charge in [-0.3, -0.25) is 0 Å². The van der Waals surface area contributed by atoms with Crippen molar-refractivity contribution in [3.63, 3.8) is 0 Å². The zero-order chi connectivity index (χ0) is 11.4. The highest BCUT2D eigenvalue weighted by molar-refractivity contribution is 5.33. The molecule has 1 aromatic carbocycles. The van der Waals surface area contributed by atoms with Gasteiger partial charge in [-0.1, -0.05) is 18.2 Å². The largest absolute Gasteiger partial charge is 0.487 e. The maximum absolute atomic E-state index is 9.73. The van der Waals surface area contributed by atoms with Crippen molar-refractivity contribution in [3.8, 4) is 5.75 Å². The second-order valence-electron chi connectivity index (χ2n) is 4.29. The summed E-state index contributed by atoms with van der Waals surface area (Å²) in [5.41, 5.74) is 1.14. The van der Waals surface area contributed by atoms with Crippen molar-refractivity contribution in [1.82, 2.24) is 5.32 Å². The van der Waals surface area contributed by atoms with Gasteiger partial charge in [0.25, 0.3) is 0 Å².